The van der Waals surface area contributed by atoms with Gasteiger partial charge < -0.3 is 10.5 Å². The van der Waals surface area contributed by atoms with Gasteiger partial charge in [-0.25, -0.2) is 0 Å². The molecule has 0 aliphatic heterocycles. The Labute approximate surface area is 114 Å². The largest absolute Gasteiger partial charge is 0.460 e. The summed E-state index contributed by atoms with van der Waals surface area (Å²) in [4.78, 5) is 11.5. The molecule has 1 aromatic rings. The van der Waals surface area contributed by atoms with Crippen molar-refractivity contribution >= 4 is 33.7 Å². The van der Waals surface area contributed by atoms with E-state index in [-0.39, 0.29) is 12.6 Å². The number of halogens is 1. The molecule has 0 fully saturated rings. The predicted molar refractivity (Wildman–Crippen MR) is 74.9 cm³/mol. The molecule has 0 aliphatic rings. The van der Waals surface area contributed by atoms with Crippen LogP contribution >= 0.6 is 27.7 Å². The molecule has 0 aliphatic carbocycles. The van der Waals surface area contributed by atoms with Crippen LogP contribution in [0, 0.1) is 0 Å². The highest BCUT2D eigenvalue weighted by atomic mass is 79.9. The van der Waals surface area contributed by atoms with Crippen molar-refractivity contribution in [3.8, 4) is 0 Å². The summed E-state index contributed by atoms with van der Waals surface area (Å²) in [5.41, 5.74) is 6.65. The summed E-state index contributed by atoms with van der Waals surface area (Å²) in [6, 6.07) is 7.13. The van der Waals surface area contributed by atoms with Crippen LogP contribution in [0.2, 0.25) is 0 Å². The molecule has 0 heterocycles. The average molecular weight is 318 g/mol. The van der Waals surface area contributed by atoms with Gasteiger partial charge in [0.2, 0.25) is 0 Å². The van der Waals surface area contributed by atoms with Gasteiger partial charge in [0.05, 0.1) is 0 Å². The van der Waals surface area contributed by atoms with Gasteiger partial charge >= 0.3 is 5.97 Å². The summed E-state index contributed by atoms with van der Waals surface area (Å²) in [7, 11) is 0. The zero-order chi connectivity index (χ0) is 12.7. The van der Waals surface area contributed by atoms with E-state index in [0.717, 1.165) is 15.8 Å². The predicted octanol–water partition coefficient (Wildman–Crippen LogP) is 2.57. The van der Waals surface area contributed by atoms with Crippen LogP contribution in [-0.2, 0) is 16.1 Å². The van der Waals surface area contributed by atoms with Gasteiger partial charge in [-0.1, -0.05) is 28.1 Å². The standard InChI is InChI=1S/C12H16BrNO2S/c1-17-7-6-11(14)12(15)16-8-9-2-4-10(13)5-3-9/h2-5,11H,6-8,14H2,1H3. The van der Waals surface area contributed by atoms with Gasteiger partial charge in [0, 0.05) is 4.47 Å². The van der Waals surface area contributed by atoms with E-state index in [1.54, 1.807) is 11.8 Å². The van der Waals surface area contributed by atoms with E-state index >= 15 is 0 Å². The number of rotatable bonds is 6. The molecule has 94 valence electrons. The second-order valence-corrected chi connectivity index (χ2v) is 5.52. The van der Waals surface area contributed by atoms with Gasteiger partial charge in [0.15, 0.2) is 0 Å². The van der Waals surface area contributed by atoms with Gasteiger partial charge in [-0.3, -0.25) is 4.79 Å². The van der Waals surface area contributed by atoms with E-state index in [0.29, 0.717) is 6.42 Å². The van der Waals surface area contributed by atoms with Crippen LogP contribution in [0.3, 0.4) is 0 Å². The molecular weight excluding hydrogens is 302 g/mol. The lowest BCUT2D eigenvalue weighted by atomic mass is 10.2. The van der Waals surface area contributed by atoms with Crippen molar-refractivity contribution < 1.29 is 9.53 Å². The fourth-order valence-electron chi connectivity index (χ4n) is 1.20. The van der Waals surface area contributed by atoms with Crippen LogP contribution in [0.25, 0.3) is 0 Å². The van der Waals surface area contributed by atoms with Crippen molar-refractivity contribution in [2.45, 2.75) is 19.1 Å². The molecule has 0 saturated carbocycles. The number of benzene rings is 1. The highest BCUT2D eigenvalue weighted by Gasteiger charge is 2.14. The monoisotopic (exact) mass is 317 g/mol. The van der Waals surface area contributed by atoms with Crippen LogP contribution in [0.5, 0.6) is 0 Å². The molecule has 5 heteroatoms. The number of carbonyl (C=O) groups is 1. The normalized spacial score (nSPS) is 12.2. The minimum atomic E-state index is -0.516. The number of hydrogen-bond acceptors (Lipinski definition) is 4. The first-order chi connectivity index (χ1) is 8.13. The quantitative estimate of drug-likeness (QED) is 0.819. The van der Waals surface area contributed by atoms with E-state index in [1.807, 2.05) is 30.5 Å². The van der Waals surface area contributed by atoms with Gasteiger partial charge in [0.1, 0.15) is 12.6 Å². The summed E-state index contributed by atoms with van der Waals surface area (Å²) in [5, 5.41) is 0. The molecule has 2 N–H and O–H groups in total. The third-order valence-corrected chi connectivity index (χ3v) is 3.40. The van der Waals surface area contributed by atoms with Gasteiger partial charge in [-0.05, 0) is 36.1 Å². The average Bonchev–Trinajstić information content (AvgIpc) is 2.34. The summed E-state index contributed by atoms with van der Waals surface area (Å²) >= 11 is 5.02. The number of carbonyl (C=O) groups excluding carboxylic acids is 1. The van der Waals surface area contributed by atoms with Crippen LogP contribution in [0.1, 0.15) is 12.0 Å². The van der Waals surface area contributed by atoms with Crippen molar-refractivity contribution in [3.63, 3.8) is 0 Å². The lowest BCUT2D eigenvalue weighted by Crippen LogP contribution is -2.32. The van der Waals surface area contributed by atoms with Crippen LogP contribution in [0.4, 0.5) is 0 Å². The SMILES string of the molecule is CSCCC(N)C(=O)OCc1ccc(Br)cc1. The molecule has 1 rings (SSSR count). The topological polar surface area (TPSA) is 52.3 Å². The summed E-state index contributed by atoms with van der Waals surface area (Å²) in [6.07, 6.45) is 2.64. The third-order valence-electron chi connectivity index (χ3n) is 2.23. The lowest BCUT2D eigenvalue weighted by Gasteiger charge is -2.10. The second kappa shape index (κ2) is 7.74. The maximum absolute atomic E-state index is 11.5. The van der Waals surface area contributed by atoms with Crippen LogP contribution < -0.4 is 5.73 Å². The first-order valence-corrected chi connectivity index (χ1v) is 7.47. The molecule has 1 unspecified atom stereocenters. The number of ether oxygens (including phenoxy) is 1. The number of esters is 1. The number of nitrogens with two attached hydrogens (primary N) is 1. The third kappa shape index (κ3) is 5.57. The Bertz CT molecular complexity index is 356. The van der Waals surface area contributed by atoms with Crippen molar-refractivity contribution in [2.75, 3.05) is 12.0 Å². The summed E-state index contributed by atoms with van der Waals surface area (Å²) in [5.74, 6) is 0.538. The summed E-state index contributed by atoms with van der Waals surface area (Å²) in [6.45, 7) is 0.277. The molecule has 1 atom stereocenters. The first-order valence-electron chi connectivity index (χ1n) is 5.29. The van der Waals surface area contributed by atoms with E-state index < -0.39 is 6.04 Å². The minimum Gasteiger partial charge on any atom is -0.460 e. The Morgan fingerprint density at radius 2 is 2.12 bits per heavy atom. The first kappa shape index (κ1) is 14.5. The molecule has 0 bridgehead atoms. The van der Waals surface area contributed by atoms with E-state index in [9.17, 15) is 4.79 Å². The molecule has 0 saturated heterocycles. The maximum atomic E-state index is 11.5. The van der Waals surface area contributed by atoms with Crippen molar-refractivity contribution in [2.24, 2.45) is 5.73 Å². The fourth-order valence-corrected chi connectivity index (χ4v) is 1.96. The lowest BCUT2D eigenvalue weighted by molar-refractivity contribution is -0.146. The Balaban J connectivity index is 2.34. The highest BCUT2D eigenvalue weighted by Crippen LogP contribution is 2.11. The number of thioether (sulfide) groups is 1. The van der Waals surface area contributed by atoms with Gasteiger partial charge in [-0.2, -0.15) is 11.8 Å². The van der Waals surface area contributed by atoms with Crippen LogP contribution in [0.15, 0.2) is 28.7 Å². The molecule has 0 spiro atoms. The van der Waals surface area contributed by atoms with Crippen molar-refractivity contribution in [3.05, 3.63) is 34.3 Å². The highest BCUT2D eigenvalue weighted by molar-refractivity contribution is 9.10. The fraction of sp³-hybridized carbons (Fsp3) is 0.417. The molecular formula is C12H16BrNO2S. The Morgan fingerprint density at radius 3 is 2.71 bits per heavy atom. The molecule has 1 aromatic carbocycles. The molecule has 0 amide bonds. The van der Waals surface area contributed by atoms with E-state index in [2.05, 4.69) is 15.9 Å². The molecule has 17 heavy (non-hydrogen) atoms. The van der Waals surface area contributed by atoms with Crippen molar-refractivity contribution in [1.29, 1.82) is 0 Å². The minimum absolute atomic E-state index is 0.277. The van der Waals surface area contributed by atoms with E-state index in [4.69, 9.17) is 10.5 Å². The zero-order valence-corrected chi connectivity index (χ0v) is 12.1. The Kier molecular flexibility index (Phi) is 6.62. The molecule has 0 radical (unpaired) electrons. The Hall–Kier alpha value is -0.520. The number of hydrogen-bond donors (Lipinski definition) is 1. The second-order valence-electron chi connectivity index (χ2n) is 3.62. The Morgan fingerprint density at radius 1 is 1.47 bits per heavy atom. The molecule has 0 aromatic heterocycles. The smallest absolute Gasteiger partial charge is 0.323 e. The van der Waals surface area contributed by atoms with Crippen LogP contribution in [-0.4, -0.2) is 24.0 Å². The molecule has 3 nitrogen and oxygen atoms in total. The van der Waals surface area contributed by atoms with E-state index in [1.165, 1.54) is 0 Å². The zero-order valence-electron chi connectivity index (χ0n) is 9.69. The van der Waals surface area contributed by atoms with Gasteiger partial charge in [-0.15, -0.1) is 0 Å². The maximum Gasteiger partial charge on any atom is 0.323 e. The summed E-state index contributed by atoms with van der Waals surface area (Å²) < 4.78 is 6.14. The van der Waals surface area contributed by atoms with Gasteiger partial charge in [0.25, 0.3) is 0 Å². The van der Waals surface area contributed by atoms with Crippen molar-refractivity contribution in [1.82, 2.24) is 0 Å².